The van der Waals surface area contributed by atoms with Crippen molar-refractivity contribution in [2.45, 2.75) is 6.92 Å². The Hall–Kier alpha value is -2.91. The largest absolute Gasteiger partial charge is 0.497 e. The van der Waals surface area contributed by atoms with Crippen molar-refractivity contribution in [1.82, 2.24) is 10.3 Å². The number of aromatic nitrogens is 1. The lowest BCUT2D eigenvalue weighted by molar-refractivity contribution is 0.0974. The molecule has 146 valence electrons. The van der Waals surface area contributed by atoms with Crippen LogP contribution in [0, 0.1) is 6.92 Å². The molecule has 7 nitrogen and oxygen atoms in total. The van der Waals surface area contributed by atoms with E-state index in [9.17, 15) is 4.79 Å². The Morgan fingerprint density at radius 1 is 1.14 bits per heavy atom. The lowest BCUT2D eigenvalue weighted by Crippen LogP contribution is -2.34. The molecule has 2 aromatic carbocycles. The van der Waals surface area contributed by atoms with Gasteiger partial charge in [0.2, 0.25) is 0 Å². The SMILES string of the molecule is COc1cc(OC)c2nc(NC(=S)NC(=O)c3cccc(C)c3OC)sc2c1. The zero-order chi connectivity index (χ0) is 20.3. The fraction of sp³-hybridized carbons (Fsp3) is 0.211. The summed E-state index contributed by atoms with van der Waals surface area (Å²) < 4.78 is 16.8. The summed E-state index contributed by atoms with van der Waals surface area (Å²) in [5.74, 6) is 1.41. The summed E-state index contributed by atoms with van der Waals surface area (Å²) in [6.07, 6.45) is 0. The number of hydrogen-bond acceptors (Lipinski definition) is 7. The second kappa shape index (κ2) is 8.41. The predicted molar refractivity (Wildman–Crippen MR) is 114 cm³/mol. The molecule has 0 spiro atoms. The minimum atomic E-state index is -0.363. The minimum Gasteiger partial charge on any atom is -0.497 e. The van der Waals surface area contributed by atoms with Crippen molar-refractivity contribution in [3.63, 3.8) is 0 Å². The third-order valence-electron chi connectivity index (χ3n) is 4.00. The number of thiocarbonyl (C=S) groups is 1. The molecule has 0 fully saturated rings. The molecule has 1 heterocycles. The van der Waals surface area contributed by atoms with Gasteiger partial charge in [0.15, 0.2) is 10.2 Å². The van der Waals surface area contributed by atoms with Gasteiger partial charge >= 0.3 is 0 Å². The maximum atomic E-state index is 12.6. The average Bonchev–Trinajstić information content (AvgIpc) is 3.08. The maximum Gasteiger partial charge on any atom is 0.261 e. The van der Waals surface area contributed by atoms with E-state index in [2.05, 4.69) is 15.6 Å². The van der Waals surface area contributed by atoms with Gasteiger partial charge in [0.25, 0.3) is 5.91 Å². The first-order chi connectivity index (χ1) is 13.5. The van der Waals surface area contributed by atoms with Crippen LogP contribution in [0.25, 0.3) is 10.2 Å². The Bertz CT molecular complexity index is 1050. The summed E-state index contributed by atoms with van der Waals surface area (Å²) in [6, 6.07) is 8.96. The van der Waals surface area contributed by atoms with Gasteiger partial charge in [0, 0.05) is 6.07 Å². The molecule has 3 rings (SSSR count). The van der Waals surface area contributed by atoms with Crippen LogP contribution in [0.4, 0.5) is 5.13 Å². The Labute approximate surface area is 171 Å². The monoisotopic (exact) mass is 417 g/mol. The van der Waals surface area contributed by atoms with Crippen molar-refractivity contribution in [3.8, 4) is 17.2 Å². The highest BCUT2D eigenvalue weighted by atomic mass is 32.1. The summed E-state index contributed by atoms with van der Waals surface area (Å²) in [7, 11) is 4.68. The fourth-order valence-electron chi connectivity index (χ4n) is 2.70. The van der Waals surface area contributed by atoms with Crippen molar-refractivity contribution >= 4 is 49.9 Å². The average molecular weight is 418 g/mol. The van der Waals surface area contributed by atoms with Gasteiger partial charge in [-0.3, -0.25) is 10.1 Å². The van der Waals surface area contributed by atoms with Crippen molar-refractivity contribution in [3.05, 3.63) is 41.5 Å². The van der Waals surface area contributed by atoms with Crippen LogP contribution >= 0.6 is 23.6 Å². The summed E-state index contributed by atoms with van der Waals surface area (Å²) in [4.78, 5) is 17.1. The lowest BCUT2D eigenvalue weighted by atomic mass is 10.1. The molecule has 0 aliphatic rings. The molecular weight excluding hydrogens is 398 g/mol. The highest BCUT2D eigenvalue weighted by molar-refractivity contribution is 7.80. The first-order valence-electron chi connectivity index (χ1n) is 8.25. The Morgan fingerprint density at radius 3 is 2.61 bits per heavy atom. The molecule has 28 heavy (non-hydrogen) atoms. The van der Waals surface area contributed by atoms with Gasteiger partial charge in [-0.1, -0.05) is 23.5 Å². The number of anilines is 1. The molecule has 0 radical (unpaired) electrons. The number of benzene rings is 2. The van der Waals surface area contributed by atoms with Crippen molar-refractivity contribution < 1.29 is 19.0 Å². The number of carbonyl (C=O) groups excluding carboxylic acids is 1. The van der Waals surface area contributed by atoms with Crippen LogP contribution in [-0.4, -0.2) is 37.3 Å². The van der Waals surface area contributed by atoms with Crippen LogP contribution in [0.15, 0.2) is 30.3 Å². The van der Waals surface area contributed by atoms with E-state index in [-0.39, 0.29) is 11.0 Å². The molecule has 0 atom stereocenters. The van der Waals surface area contributed by atoms with Gasteiger partial charge in [-0.15, -0.1) is 0 Å². The summed E-state index contributed by atoms with van der Waals surface area (Å²) >= 11 is 6.64. The number of ether oxygens (including phenoxy) is 3. The van der Waals surface area contributed by atoms with Crippen LogP contribution in [0.2, 0.25) is 0 Å². The number of rotatable bonds is 5. The van der Waals surface area contributed by atoms with Crippen LogP contribution < -0.4 is 24.8 Å². The van der Waals surface area contributed by atoms with E-state index in [0.717, 1.165) is 10.3 Å². The van der Waals surface area contributed by atoms with E-state index >= 15 is 0 Å². The number of methoxy groups -OCH3 is 3. The van der Waals surface area contributed by atoms with Crippen LogP contribution in [0.5, 0.6) is 17.2 Å². The van der Waals surface area contributed by atoms with E-state index in [1.807, 2.05) is 19.1 Å². The molecule has 1 amide bonds. The maximum absolute atomic E-state index is 12.6. The number of hydrogen-bond donors (Lipinski definition) is 2. The van der Waals surface area contributed by atoms with Crippen LogP contribution in [0.3, 0.4) is 0 Å². The number of nitrogens with one attached hydrogen (secondary N) is 2. The van der Waals surface area contributed by atoms with E-state index in [0.29, 0.717) is 33.5 Å². The van der Waals surface area contributed by atoms with Gasteiger partial charge in [-0.05, 0) is 36.8 Å². The molecule has 3 aromatic rings. The van der Waals surface area contributed by atoms with Crippen molar-refractivity contribution in [2.75, 3.05) is 26.6 Å². The zero-order valence-corrected chi connectivity index (χ0v) is 17.4. The van der Waals surface area contributed by atoms with Gasteiger partial charge in [-0.2, -0.15) is 0 Å². The number of nitrogens with zero attached hydrogens (tertiary/aromatic N) is 1. The molecule has 9 heteroatoms. The number of para-hydroxylation sites is 1. The molecule has 0 saturated carbocycles. The molecule has 0 aliphatic carbocycles. The number of fused-ring (bicyclic) bond motifs is 1. The second-order valence-electron chi connectivity index (χ2n) is 5.76. The quantitative estimate of drug-likeness (QED) is 0.612. The smallest absolute Gasteiger partial charge is 0.261 e. The fourth-order valence-corrected chi connectivity index (χ4v) is 3.87. The van der Waals surface area contributed by atoms with E-state index in [1.54, 1.807) is 32.4 Å². The summed E-state index contributed by atoms with van der Waals surface area (Å²) in [5.41, 5.74) is 1.95. The molecule has 0 bridgehead atoms. The van der Waals surface area contributed by atoms with E-state index < -0.39 is 0 Å². The molecule has 0 unspecified atom stereocenters. The third kappa shape index (κ3) is 4.00. The second-order valence-corrected chi connectivity index (χ2v) is 7.20. The number of amides is 1. The molecule has 1 aromatic heterocycles. The lowest BCUT2D eigenvalue weighted by Gasteiger charge is -2.12. The first-order valence-corrected chi connectivity index (χ1v) is 9.47. The van der Waals surface area contributed by atoms with Gasteiger partial charge in [0.1, 0.15) is 22.8 Å². The normalized spacial score (nSPS) is 10.4. The van der Waals surface area contributed by atoms with Crippen LogP contribution in [-0.2, 0) is 0 Å². The highest BCUT2D eigenvalue weighted by Gasteiger charge is 2.17. The third-order valence-corrected chi connectivity index (χ3v) is 5.12. The molecular formula is C19H19N3O4S2. The predicted octanol–water partition coefficient (Wildman–Crippen LogP) is 3.76. The van der Waals surface area contributed by atoms with Gasteiger partial charge < -0.3 is 19.5 Å². The highest BCUT2D eigenvalue weighted by Crippen LogP contribution is 2.36. The number of aryl methyl sites for hydroxylation is 1. The summed E-state index contributed by atoms with van der Waals surface area (Å²) in [6.45, 7) is 1.87. The zero-order valence-electron chi connectivity index (χ0n) is 15.8. The molecule has 2 N–H and O–H groups in total. The van der Waals surface area contributed by atoms with Gasteiger partial charge in [-0.25, -0.2) is 4.98 Å². The first kappa shape index (κ1) is 19.8. The van der Waals surface area contributed by atoms with Gasteiger partial charge in [0.05, 0.1) is 31.6 Å². The van der Waals surface area contributed by atoms with Crippen LogP contribution in [0.1, 0.15) is 15.9 Å². The van der Waals surface area contributed by atoms with E-state index in [1.165, 1.54) is 18.4 Å². The van der Waals surface area contributed by atoms with Crippen molar-refractivity contribution in [2.24, 2.45) is 0 Å². The number of thiazole rings is 1. The summed E-state index contributed by atoms with van der Waals surface area (Å²) in [5, 5.41) is 6.27. The molecule has 0 saturated heterocycles. The number of carbonyl (C=O) groups is 1. The van der Waals surface area contributed by atoms with E-state index in [4.69, 9.17) is 26.4 Å². The molecule has 0 aliphatic heterocycles. The minimum absolute atomic E-state index is 0.138. The standard InChI is InChI=1S/C19H19N3O4S2/c1-10-6-5-7-12(16(10)26-4)17(23)21-18(27)22-19-20-15-13(25-3)8-11(24-2)9-14(15)28-19/h5-9H,1-4H3,(H2,20,21,22,23,27). The Kier molecular flexibility index (Phi) is 5.96. The topological polar surface area (TPSA) is 81.7 Å². The van der Waals surface area contributed by atoms with Crippen molar-refractivity contribution in [1.29, 1.82) is 0 Å². The Morgan fingerprint density at radius 2 is 1.93 bits per heavy atom. The Balaban J connectivity index is 1.78.